The molecule has 3 nitrogen and oxygen atoms in total. The highest BCUT2D eigenvalue weighted by Gasteiger charge is 2.12. The number of aromatic nitrogens is 1. The summed E-state index contributed by atoms with van der Waals surface area (Å²) in [7, 11) is 0. The molecule has 0 aliphatic heterocycles. The van der Waals surface area contributed by atoms with Gasteiger partial charge in [0.1, 0.15) is 11.5 Å². The molecule has 0 spiro atoms. The maximum Gasteiger partial charge on any atom is 0.275 e. The van der Waals surface area contributed by atoms with Crippen LogP contribution < -0.4 is 5.32 Å². The molecule has 1 N–H and O–H groups in total. The van der Waals surface area contributed by atoms with E-state index < -0.39 is 5.82 Å². The fourth-order valence-electron chi connectivity index (χ4n) is 1.44. The van der Waals surface area contributed by atoms with Crippen molar-refractivity contribution in [2.24, 2.45) is 0 Å². The van der Waals surface area contributed by atoms with E-state index in [1.807, 2.05) is 6.92 Å². The molecule has 1 aromatic carbocycles. The Morgan fingerprint density at radius 1 is 1.44 bits per heavy atom. The quantitative estimate of drug-likeness (QED) is 0.907. The van der Waals surface area contributed by atoms with Crippen LogP contribution in [0.1, 0.15) is 21.1 Å². The van der Waals surface area contributed by atoms with E-state index >= 15 is 0 Å². The van der Waals surface area contributed by atoms with Gasteiger partial charge < -0.3 is 5.32 Å². The van der Waals surface area contributed by atoms with Crippen LogP contribution in [0.3, 0.4) is 0 Å². The standard InChI is InChI=1S/C12H10BrFN2OS/c1-6-3-8(13)9(14)4-10(6)16-12(17)11-5-18-7(2)15-11/h3-5H,1-2H3,(H,16,17). The summed E-state index contributed by atoms with van der Waals surface area (Å²) >= 11 is 4.50. The molecule has 0 bridgehead atoms. The molecule has 1 aromatic heterocycles. The number of hydrogen-bond donors (Lipinski definition) is 1. The number of thiazole rings is 1. The van der Waals surface area contributed by atoms with Gasteiger partial charge in [-0.3, -0.25) is 4.79 Å². The number of amides is 1. The molecule has 18 heavy (non-hydrogen) atoms. The largest absolute Gasteiger partial charge is 0.320 e. The Morgan fingerprint density at radius 2 is 2.17 bits per heavy atom. The summed E-state index contributed by atoms with van der Waals surface area (Å²) in [6.45, 7) is 3.62. The molecule has 0 fully saturated rings. The Bertz CT molecular complexity index is 612. The van der Waals surface area contributed by atoms with E-state index in [2.05, 4.69) is 26.2 Å². The normalized spacial score (nSPS) is 10.4. The predicted molar refractivity (Wildman–Crippen MR) is 73.6 cm³/mol. The third-order valence-corrected chi connectivity index (χ3v) is 3.75. The molecule has 0 radical (unpaired) electrons. The number of carbonyl (C=O) groups excluding carboxylic acids is 1. The SMILES string of the molecule is Cc1nc(C(=O)Nc2cc(F)c(Br)cc2C)cs1. The fraction of sp³-hybridized carbons (Fsp3) is 0.167. The van der Waals surface area contributed by atoms with Crippen LogP contribution in [0.15, 0.2) is 22.0 Å². The number of hydrogen-bond acceptors (Lipinski definition) is 3. The minimum absolute atomic E-state index is 0.329. The monoisotopic (exact) mass is 328 g/mol. The van der Waals surface area contributed by atoms with E-state index in [4.69, 9.17) is 0 Å². The van der Waals surface area contributed by atoms with E-state index in [0.29, 0.717) is 15.9 Å². The van der Waals surface area contributed by atoms with Crippen LogP contribution in [-0.4, -0.2) is 10.9 Å². The first-order valence-corrected chi connectivity index (χ1v) is 6.84. The van der Waals surface area contributed by atoms with Gasteiger partial charge in [-0.2, -0.15) is 0 Å². The highest BCUT2D eigenvalue weighted by Crippen LogP contribution is 2.24. The lowest BCUT2D eigenvalue weighted by atomic mass is 10.2. The number of halogens is 2. The first-order chi connectivity index (χ1) is 8.47. The van der Waals surface area contributed by atoms with Crippen molar-refractivity contribution >= 4 is 38.9 Å². The molecule has 0 saturated heterocycles. The van der Waals surface area contributed by atoms with Crippen LogP contribution in [0.4, 0.5) is 10.1 Å². The lowest BCUT2D eigenvalue weighted by Gasteiger charge is -2.08. The molecule has 1 amide bonds. The smallest absolute Gasteiger partial charge is 0.275 e. The van der Waals surface area contributed by atoms with Gasteiger partial charge in [-0.15, -0.1) is 11.3 Å². The zero-order chi connectivity index (χ0) is 13.3. The van der Waals surface area contributed by atoms with Gasteiger partial charge in [-0.25, -0.2) is 9.37 Å². The summed E-state index contributed by atoms with van der Waals surface area (Å²) in [5.41, 5.74) is 1.58. The van der Waals surface area contributed by atoms with Crippen molar-refractivity contribution in [2.45, 2.75) is 13.8 Å². The maximum atomic E-state index is 13.4. The van der Waals surface area contributed by atoms with Gasteiger partial charge in [0.2, 0.25) is 0 Å². The van der Waals surface area contributed by atoms with Gasteiger partial charge in [0.05, 0.1) is 9.48 Å². The van der Waals surface area contributed by atoms with E-state index in [9.17, 15) is 9.18 Å². The summed E-state index contributed by atoms with van der Waals surface area (Å²) in [5.74, 6) is -0.741. The molecule has 1 heterocycles. The number of benzene rings is 1. The Hall–Kier alpha value is -1.27. The first-order valence-electron chi connectivity index (χ1n) is 5.16. The topological polar surface area (TPSA) is 42.0 Å². The van der Waals surface area contributed by atoms with E-state index in [1.54, 1.807) is 18.4 Å². The van der Waals surface area contributed by atoms with E-state index in [1.165, 1.54) is 17.4 Å². The number of nitrogens with one attached hydrogen (secondary N) is 1. The third kappa shape index (κ3) is 2.76. The molecule has 0 atom stereocenters. The lowest BCUT2D eigenvalue weighted by molar-refractivity contribution is 0.102. The minimum Gasteiger partial charge on any atom is -0.320 e. The predicted octanol–water partition coefficient (Wildman–Crippen LogP) is 3.91. The second-order valence-corrected chi connectivity index (χ2v) is 5.70. The van der Waals surface area contributed by atoms with Crippen LogP contribution >= 0.6 is 27.3 Å². The zero-order valence-corrected chi connectivity index (χ0v) is 12.2. The van der Waals surface area contributed by atoms with Crippen molar-refractivity contribution < 1.29 is 9.18 Å². The number of aryl methyl sites for hydroxylation is 2. The van der Waals surface area contributed by atoms with Crippen LogP contribution in [-0.2, 0) is 0 Å². The van der Waals surface area contributed by atoms with E-state index in [0.717, 1.165) is 10.6 Å². The van der Waals surface area contributed by atoms with Crippen LogP contribution in [0.25, 0.3) is 0 Å². The van der Waals surface area contributed by atoms with Gasteiger partial charge in [-0.1, -0.05) is 0 Å². The van der Waals surface area contributed by atoms with Crippen LogP contribution in [0.5, 0.6) is 0 Å². The molecule has 2 rings (SSSR count). The summed E-state index contributed by atoms with van der Waals surface area (Å²) in [6.07, 6.45) is 0. The van der Waals surface area contributed by atoms with E-state index in [-0.39, 0.29) is 5.91 Å². The molecule has 0 aliphatic carbocycles. The average Bonchev–Trinajstić information content (AvgIpc) is 2.73. The van der Waals surface area contributed by atoms with Gasteiger partial charge in [0, 0.05) is 11.1 Å². The average molecular weight is 329 g/mol. The second-order valence-electron chi connectivity index (χ2n) is 3.79. The van der Waals surface area contributed by atoms with Gasteiger partial charge >= 0.3 is 0 Å². The molecule has 0 saturated carbocycles. The summed E-state index contributed by atoms with van der Waals surface area (Å²) in [4.78, 5) is 16.0. The number of rotatable bonds is 2. The van der Waals surface area contributed by atoms with Crippen molar-refractivity contribution in [2.75, 3.05) is 5.32 Å². The number of carbonyl (C=O) groups is 1. The zero-order valence-electron chi connectivity index (χ0n) is 9.75. The molecule has 94 valence electrons. The summed E-state index contributed by atoms with van der Waals surface area (Å²) < 4.78 is 13.8. The minimum atomic E-state index is -0.412. The molecule has 0 unspecified atom stereocenters. The lowest BCUT2D eigenvalue weighted by Crippen LogP contribution is -2.13. The van der Waals surface area contributed by atoms with Crippen molar-refractivity contribution in [3.63, 3.8) is 0 Å². The summed E-state index contributed by atoms with van der Waals surface area (Å²) in [6, 6.07) is 2.91. The first kappa shape index (κ1) is 13.2. The summed E-state index contributed by atoms with van der Waals surface area (Å²) in [5, 5.41) is 5.15. The van der Waals surface area contributed by atoms with Gasteiger partial charge in [0.15, 0.2) is 0 Å². The number of anilines is 1. The number of nitrogens with zero attached hydrogens (tertiary/aromatic N) is 1. The Kier molecular flexibility index (Phi) is 3.77. The molecular formula is C12H10BrFN2OS. The van der Waals surface area contributed by atoms with Gasteiger partial charge in [0.25, 0.3) is 5.91 Å². The fourth-order valence-corrected chi connectivity index (χ4v) is 2.49. The Labute approximate surface area is 116 Å². The van der Waals surface area contributed by atoms with Crippen molar-refractivity contribution in [3.8, 4) is 0 Å². The highest BCUT2D eigenvalue weighted by molar-refractivity contribution is 9.10. The van der Waals surface area contributed by atoms with Crippen LogP contribution in [0, 0.1) is 19.7 Å². The molecule has 0 aliphatic rings. The Balaban J connectivity index is 2.24. The maximum absolute atomic E-state index is 13.4. The van der Waals surface area contributed by atoms with Crippen molar-refractivity contribution in [1.29, 1.82) is 0 Å². The van der Waals surface area contributed by atoms with Gasteiger partial charge in [-0.05, 0) is 47.5 Å². The third-order valence-electron chi connectivity index (χ3n) is 2.37. The van der Waals surface area contributed by atoms with Crippen molar-refractivity contribution in [1.82, 2.24) is 4.98 Å². The molecular weight excluding hydrogens is 319 g/mol. The second kappa shape index (κ2) is 5.16. The van der Waals surface area contributed by atoms with Crippen molar-refractivity contribution in [3.05, 3.63) is 44.1 Å². The van der Waals surface area contributed by atoms with Crippen LogP contribution in [0.2, 0.25) is 0 Å². The highest BCUT2D eigenvalue weighted by atomic mass is 79.9. The molecule has 6 heteroatoms. The molecule has 2 aromatic rings. The Morgan fingerprint density at radius 3 is 2.78 bits per heavy atom.